The molecule has 0 aromatic rings. The highest BCUT2D eigenvalue weighted by Gasteiger charge is 2.30. The Morgan fingerprint density at radius 2 is 1.95 bits per heavy atom. The molecule has 0 aromatic heterocycles. The smallest absolute Gasteiger partial charge is 0.240 e. The standard InChI is InChI=1S/C17H27N3O2/c1-4-7-8-12-20-13-9-18-15(17(20)22)14-16(21)19(10-5-2)11-6-3/h4-6,15,18H,1-3,7-14H2. The lowest BCUT2D eigenvalue weighted by Crippen LogP contribution is -2.56. The molecule has 1 saturated heterocycles. The zero-order valence-corrected chi connectivity index (χ0v) is 13.3. The Kier molecular flexibility index (Phi) is 8.22. The fourth-order valence-electron chi connectivity index (χ4n) is 2.49. The van der Waals surface area contributed by atoms with Crippen LogP contribution in [0.4, 0.5) is 0 Å². The molecule has 5 nitrogen and oxygen atoms in total. The van der Waals surface area contributed by atoms with Crippen LogP contribution < -0.4 is 5.32 Å². The van der Waals surface area contributed by atoms with E-state index in [9.17, 15) is 9.59 Å². The van der Waals surface area contributed by atoms with Gasteiger partial charge in [-0.25, -0.2) is 0 Å². The van der Waals surface area contributed by atoms with E-state index in [0.29, 0.717) is 19.6 Å². The molecule has 0 radical (unpaired) electrons. The summed E-state index contributed by atoms with van der Waals surface area (Å²) in [5, 5.41) is 3.15. The number of rotatable bonds is 10. The van der Waals surface area contributed by atoms with E-state index in [-0.39, 0.29) is 18.2 Å². The lowest BCUT2D eigenvalue weighted by atomic mass is 10.1. The minimum absolute atomic E-state index is 0.0146. The first-order valence-electron chi connectivity index (χ1n) is 7.76. The molecular weight excluding hydrogens is 278 g/mol. The molecule has 122 valence electrons. The van der Waals surface area contributed by atoms with Gasteiger partial charge in [-0.3, -0.25) is 9.59 Å². The molecule has 1 aliphatic rings. The van der Waals surface area contributed by atoms with Gasteiger partial charge in [0.2, 0.25) is 11.8 Å². The Morgan fingerprint density at radius 1 is 1.27 bits per heavy atom. The van der Waals surface area contributed by atoms with E-state index in [1.165, 1.54) is 0 Å². The summed E-state index contributed by atoms with van der Waals surface area (Å²) < 4.78 is 0. The van der Waals surface area contributed by atoms with Gasteiger partial charge in [0.1, 0.15) is 0 Å². The summed E-state index contributed by atoms with van der Waals surface area (Å²) in [7, 11) is 0. The molecule has 1 N–H and O–H groups in total. The maximum absolute atomic E-state index is 12.4. The normalized spacial score (nSPS) is 17.9. The molecule has 0 saturated carbocycles. The molecule has 2 amide bonds. The molecule has 0 aromatic carbocycles. The average molecular weight is 305 g/mol. The van der Waals surface area contributed by atoms with Gasteiger partial charge in [0, 0.05) is 32.7 Å². The minimum atomic E-state index is -0.429. The van der Waals surface area contributed by atoms with Crippen molar-refractivity contribution in [2.75, 3.05) is 32.7 Å². The number of unbranched alkanes of at least 4 members (excludes halogenated alkanes) is 1. The quantitative estimate of drug-likeness (QED) is 0.489. The molecule has 0 spiro atoms. The molecule has 1 fully saturated rings. The van der Waals surface area contributed by atoms with Crippen molar-refractivity contribution in [1.82, 2.24) is 15.1 Å². The predicted molar refractivity (Wildman–Crippen MR) is 89.4 cm³/mol. The molecule has 1 unspecified atom stereocenters. The van der Waals surface area contributed by atoms with Gasteiger partial charge >= 0.3 is 0 Å². The Morgan fingerprint density at radius 3 is 2.55 bits per heavy atom. The van der Waals surface area contributed by atoms with Crippen molar-refractivity contribution in [3.63, 3.8) is 0 Å². The van der Waals surface area contributed by atoms with Gasteiger partial charge in [-0.2, -0.15) is 0 Å². The maximum Gasteiger partial charge on any atom is 0.240 e. The Bertz CT molecular complexity index is 410. The third-order valence-electron chi connectivity index (χ3n) is 3.65. The van der Waals surface area contributed by atoms with E-state index in [1.807, 2.05) is 11.0 Å². The third-order valence-corrected chi connectivity index (χ3v) is 3.65. The van der Waals surface area contributed by atoms with Crippen molar-refractivity contribution in [2.24, 2.45) is 0 Å². The number of carbonyl (C=O) groups excluding carboxylic acids is 2. The predicted octanol–water partition coefficient (Wildman–Crippen LogP) is 1.34. The van der Waals surface area contributed by atoms with Crippen molar-refractivity contribution in [1.29, 1.82) is 0 Å². The topological polar surface area (TPSA) is 52.7 Å². The summed E-state index contributed by atoms with van der Waals surface area (Å²) in [4.78, 5) is 28.2. The van der Waals surface area contributed by atoms with E-state index in [1.54, 1.807) is 17.1 Å². The van der Waals surface area contributed by atoms with Gasteiger partial charge in [0.05, 0.1) is 12.5 Å². The van der Waals surface area contributed by atoms with Crippen molar-refractivity contribution < 1.29 is 9.59 Å². The van der Waals surface area contributed by atoms with Crippen LogP contribution in [0.3, 0.4) is 0 Å². The zero-order chi connectivity index (χ0) is 16.4. The first kappa shape index (κ1) is 18.2. The minimum Gasteiger partial charge on any atom is -0.340 e. The molecular formula is C17H27N3O2. The zero-order valence-electron chi connectivity index (χ0n) is 13.3. The molecule has 0 aliphatic carbocycles. The van der Waals surface area contributed by atoms with Crippen molar-refractivity contribution in [3.8, 4) is 0 Å². The monoisotopic (exact) mass is 305 g/mol. The SMILES string of the molecule is C=CCCCN1CCNC(CC(=O)N(CC=C)CC=C)C1=O. The van der Waals surface area contributed by atoms with Gasteiger partial charge in [-0.1, -0.05) is 18.2 Å². The van der Waals surface area contributed by atoms with Crippen molar-refractivity contribution >= 4 is 11.8 Å². The number of nitrogens with zero attached hydrogens (tertiary/aromatic N) is 2. The average Bonchev–Trinajstić information content (AvgIpc) is 2.51. The summed E-state index contributed by atoms with van der Waals surface area (Å²) in [5.74, 6) is -0.0422. The highest BCUT2D eigenvalue weighted by molar-refractivity contribution is 5.89. The second-order valence-electron chi connectivity index (χ2n) is 5.34. The number of carbonyl (C=O) groups is 2. The van der Waals surface area contributed by atoms with Gasteiger partial charge in [-0.15, -0.1) is 19.7 Å². The fourth-order valence-corrected chi connectivity index (χ4v) is 2.49. The van der Waals surface area contributed by atoms with E-state index < -0.39 is 6.04 Å². The van der Waals surface area contributed by atoms with Crippen LogP contribution >= 0.6 is 0 Å². The molecule has 22 heavy (non-hydrogen) atoms. The number of hydrogen-bond acceptors (Lipinski definition) is 3. The van der Waals surface area contributed by atoms with Crippen LogP contribution in [0, 0.1) is 0 Å². The molecule has 0 bridgehead atoms. The van der Waals surface area contributed by atoms with Crippen LogP contribution in [0.1, 0.15) is 19.3 Å². The van der Waals surface area contributed by atoms with Crippen LogP contribution in [-0.4, -0.2) is 60.4 Å². The number of nitrogens with one attached hydrogen (secondary N) is 1. The van der Waals surface area contributed by atoms with Crippen LogP contribution in [0.25, 0.3) is 0 Å². The van der Waals surface area contributed by atoms with Gasteiger partial charge in [0.15, 0.2) is 0 Å². The first-order chi connectivity index (χ1) is 10.6. The highest BCUT2D eigenvalue weighted by atomic mass is 16.2. The molecule has 1 rings (SSSR count). The maximum atomic E-state index is 12.4. The van der Waals surface area contributed by atoms with Crippen LogP contribution in [0.15, 0.2) is 38.0 Å². The number of amides is 2. The molecule has 1 aliphatic heterocycles. The highest BCUT2D eigenvalue weighted by Crippen LogP contribution is 2.09. The van der Waals surface area contributed by atoms with E-state index in [0.717, 1.165) is 25.9 Å². The summed E-state index contributed by atoms with van der Waals surface area (Å²) >= 11 is 0. The molecule has 1 heterocycles. The number of hydrogen-bond donors (Lipinski definition) is 1. The van der Waals surface area contributed by atoms with Crippen LogP contribution in [0.2, 0.25) is 0 Å². The Hall–Kier alpha value is -1.88. The third kappa shape index (κ3) is 5.48. The van der Waals surface area contributed by atoms with E-state index in [2.05, 4.69) is 25.1 Å². The summed E-state index contributed by atoms with van der Waals surface area (Å²) in [6.07, 6.45) is 7.20. The summed E-state index contributed by atoms with van der Waals surface area (Å²) in [6.45, 7) is 14.1. The van der Waals surface area contributed by atoms with Crippen LogP contribution in [0.5, 0.6) is 0 Å². The van der Waals surface area contributed by atoms with E-state index in [4.69, 9.17) is 0 Å². The first-order valence-corrected chi connectivity index (χ1v) is 7.76. The Labute approximate surface area is 133 Å². The molecule has 5 heteroatoms. The van der Waals surface area contributed by atoms with Crippen molar-refractivity contribution in [2.45, 2.75) is 25.3 Å². The summed E-state index contributed by atoms with van der Waals surface area (Å²) in [5.41, 5.74) is 0. The second kappa shape index (κ2) is 9.95. The van der Waals surface area contributed by atoms with Gasteiger partial charge in [0.25, 0.3) is 0 Å². The van der Waals surface area contributed by atoms with Crippen molar-refractivity contribution in [3.05, 3.63) is 38.0 Å². The number of piperazine rings is 1. The second-order valence-corrected chi connectivity index (χ2v) is 5.34. The van der Waals surface area contributed by atoms with E-state index >= 15 is 0 Å². The van der Waals surface area contributed by atoms with Crippen LogP contribution in [-0.2, 0) is 9.59 Å². The Balaban J connectivity index is 2.57. The van der Waals surface area contributed by atoms with Gasteiger partial charge in [-0.05, 0) is 12.8 Å². The lowest BCUT2D eigenvalue weighted by molar-refractivity contribution is -0.140. The number of allylic oxidation sites excluding steroid dienone is 1. The fraction of sp³-hybridized carbons (Fsp3) is 0.529. The van der Waals surface area contributed by atoms with Gasteiger partial charge < -0.3 is 15.1 Å². The molecule has 1 atom stereocenters. The largest absolute Gasteiger partial charge is 0.340 e. The summed E-state index contributed by atoms with van der Waals surface area (Å²) in [6, 6.07) is -0.429. The lowest BCUT2D eigenvalue weighted by Gasteiger charge is -2.33.